The van der Waals surface area contributed by atoms with Crippen molar-refractivity contribution in [1.82, 2.24) is 4.98 Å². The van der Waals surface area contributed by atoms with E-state index in [-0.39, 0.29) is 23.6 Å². The molecule has 86 valence electrons. The molecule has 0 saturated heterocycles. The average Bonchev–Trinajstić information content (AvgIpc) is 2.28. The van der Waals surface area contributed by atoms with Gasteiger partial charge in [0.2, 0.25) is 0 Å². The minimum Gasteiger partial charge on any atom is -0.390 e. The van der Waals surface area contributed by atoms with Crippen LogP contribution in [-0.2, 0) is 0 Å². The number of hydrogen-bond donors (Lipinski definition) is 2. The Morgan fingerprint density at radius 2 is 2.25 bits per heavy atom. The van der Waals surface area contributed by atoms with E-state index in [9.17, 15) is 14.6 Å². The van der Waals surface area contributed by atoms with E-state index in [1.54, 1.807) is 6.07 Å². The van der Waals surface area contributed by atoms with Crippen molar-refractivity contribution in [2.24, 2.45) is 0 Å². The van der Waals surface area contributed by atoms with Crippen LogP contribution in [0.2, 0.25) is 0 Å². The Labute approximate surface area is 96.9 Å². The van der Waals surface area contributed by atoms with Gasteiger partial charge < -0.3 is 10.2 Å². The van der Waals surface area contributed by atoms with Crippen LogP contribution >= 0.6 is 11.6 Å². The molecular weight excluding hydrogens is 235 g/mol. The summed E-state index contributed by atoms with van der Waals surface area (Å²) in [5, 5.41) is 27.5. The number of alkyl halides is 1. The largest absolute Gasteiger partial charge is 0.390 e. The molecule has 1 aromatic rings. The Morgan fingerprint density at radius 3 is 2.75 bits per heavy atom. The van der Waals surface area contributed by atoms with Gasteiger partial charge in [-0.3, -0.25) is 0 Å². The topological polar surface area (TPSA) is 77.1 Å². The molecule has 16 heavy (non-hydrogen) atoms. The van der Waals surface area contributed by atoms with E-state index in [1.807, 2.05) is 0 Å². The van der Waals surface area contributed by atoms with Crippen LogP contribution in [0.4, 0.5) is 4.39 Å². The molecule has 0 aliphatic carbocycles. The van der Waals surface area contributed by atoms with Crippen LogP contribution in [0, 0.1) is 17.1 Å². The SMILES string of the molecule is N#Cc1ncc(C(O)C(O)CCCl)cc1F. The normalized spacial score (nSPS) is 14.2. The van der Waals surface area contributed by atoms with E-state index in [4.69, 9.17) is 16.9 Å². The smallest absolute Gasteiger partial charge is 0.176 e. The lowest BCUT2D eigenvalue weighted by atomic mass is 10.0. The van der Waals surface area contributed by atoms with Gasteiger partial charge >= 0.3 is 0 Å². The Kier molecular flexibility index (Phi) is 4.62. The zero-order valence-electron chi connectivity index (χ0n) is 8.27. The van der Waals surface area contributed by atoms with Crippen molar-refractivity contribution >= 4 is 11.6 Å². The van der Waals surface area contributed by atoms with Crippen LogP contribution in [0.25, 0.3) is 0 Å². The van der Waals surface area contributed by atoms with Crippen molar-refractivity contribution in [2.75, 3.05) is 5.88 Å². The molecule has 0 fully saturated rings. The maximum atomic E-state index is 13.2. The number of nitrogens with zero attached hydrogens (tertiary/aromatic N) is 2. The second-order valence-electron chi connectivity index (χ2n) is 3.20. The Balaban J connectivity index is 2.89. The number of halogens is 2. The van der Waals surface area contributed by atoms with Crippen molar-refractivity contribution < 1.29 is 14.6 Å². The van der Waals surface area contributed by atoms with Crippen molar-refractivity contribution in [3.63, 3.8) is 0 Å². The molecule has 0 radical (unpaired) electrons. The fourth-order valence-corrected chi connectivity index (χ4v) is 1.41. The van der Waals surface area contributed by atoms with E-state index in [1.165, 1.54) is 0 Å². The summed E-state index contributed by atoms with van der Waals surface area (Å²) >= 11 is 5.40. The molecule has 2 unspecified atom stereocenters. The highest BCUT2D eigenvalue weighted by atomic mass is 35.5. The van der Waals surface area contributed by atoms with Crippen LogP contribution in [0.1, 0.15) is 23.8 Å². The zero-order valence-corrected chi connectivity index (χ0v) is 9.02. The Morgan fingerprint density at radius 1 is 1.56 bits per heavy atom. The first-order chi connectivity index (χ1) is 7.60. The second-order valence-corrected chi connectivity index (χ2v) is 3.58. The molecule has 1 aromatic heterocycles. The first kappa shape index (κ1) is 12.8. The Hall–Kier alpha value is -1.22. The maximum absolute atomic E-state index is 13.2. The number of hydrogen-bond acceptors (Lipinski definition) is 4. The van der Waals surface area contributed by atoms with Gasteiger partial charge in [0.15, 0.2) is 11.5 Å². The highest BCUT2D eigenvalue weighted by Gasteiger charge is 2.19. The molecule has 0 spiro atoms. The van der Waals surface area contributed by atoms with E-state index < -0.39 is 18.0 Å². The molecule has 6 heteroatoms. The minimum absolute atomic E-state index is 0.120. The van der Waals surface area contributed by atoms with Gasteiger partial charge in [0, 0.05) is 17.6 Å². The number of aliphatic hydroxyl groups is 2. The van der Waals surface area contributed by atoms with Gasteiger partial charge in [-0.25, -0.2) is 9.37 Å². The van der Waals surface area contributed by atoms with Crippen LogP contribution < -0.4 is 0 Å². The average molecular weight is 245 g/mol. The first-order valence-electron chi connectivity index (χ1n) is 4.57. The lowest BCUT2D eigenvalue weighted by molar-refractivity contribution is 0.0166. The minimum atomic E-state index is -1.26. The standard InChI is InChI=1S/C10H10ClFN2O2/c11-2-1-9(15)10(16)6-3-7(12)8(4-13)14-5-6/h3,5,9-10,15-16H,1-2H2. The molecule has 4 nitrogen and oxygen atoms in total. The molecule has 1 heterocycles. The highest BCUT2D eigenvalue weighted by Crippen LogP contribution is 2.20. The number of pyridine rings is 1. The van der Waals surface area contributed by atoms with Gasteiger partial charge in [-0.15, -0.1) is 11.6 Å². The van der Waals surface area contributed by atoms with Gasteiger partial charge in [-0.05, 0) is 12.5 Å². The summed E-state index contributed by atoms with van der Waals surface area (Å²) in [5.74, 6) is -0.637. The summed E-state index contributed by atoms with van der Waals surface area (Å²) in [4.78, 5) is 3.52. The van der Waals surface area contributed by atoms with Crippen molar-refractivity contribution in [2.45, 2.75) is 18.6 Å². The van der Waals surface area contributed by atoms with Gasteiger partial charge in [-0.2, -0.15) is 5.26 Å². The van der Waals surface area contributed by atoms with Gasteiger partial charge in [0.25, 0.3) is 0 Å². The summed E-state index contributed by atoms with van der Waals surface area (Å²) in [6.07, 6.45) is -0.992. The van der Waals surface area contributed by atoms with E-state index in [0.717, 1.165) is 12.3 Å². The fourth-order valence-electron chi connectivity index (χ4n) is 1.19. The van der Waals surface area contributed by atoms with Crippen molar-refractivity contribution in [3.8, 4) is 6.07 Å². The van der Waals surface area contributed by atoms with Crippen LogP contribution in [-0.4, -0.2) is 27.2 Å². The van der Waals surface area contributed by atoms with E-state index in [2.05, 4.69) is 4.98 Å². The lowest BCUT2D eigenvalue weighted by Gasteiger charge is -2.16. The summed E-state index contributed by atoms with van der Waals surface area (Å²) in [5.41, 5.74) is -0.225. The van der Waals surface area contributed by atoms with Gasteiger partial charge in [0.1, 0.15) is 12.2 Å². The highest BCUT2D eigenvalue weighted by molar-refractivity contribution is 6.17. The molecule has 0 amide bonds. The molecular formula is C10H10ClFN2O2. The van der Waals surface area contributed by atoms with Crippen LogP contribution in [0.5, 0.6) is 0 Å². The Bertz CT molecular complexity index is 408. The molecule has 0 saturated carbocycles. The molecule has 0 bridgehead atoms. The first-order valence-corrected chi connectivity index (χ1v) is 5.11. The van der Waals surface area contributed by atoms with Crippen molar-refractivity contribution in [3.05, 3.63) is 29.3 Å². The quantitative estimate of drug-likeness (QED) is 0.778. The molecule has 0 aliphatic rings. The van der Waals surface area contributed by atoms with Crippen molar-refractivity contribution in [1.29, 1.82) is 5.26 Å². The number of aliphatic hydroxyl groups excluding tert-OH is 2. The number of aromatic nitrogens is 1. The number of nitriles is 1. The predicted octanol–water partition coefficient (Wildman–Crippen LogP) is 1.12. The molecule has 1 rings (SSSR count). The molecule has 0 aromatic carbocycles. The van der Waals surface area contributed by atoms with Gasteiger partial charge in [-0.1, -0.05) is 0 Å². The molecule has 0 aliphatic heterocycles. The third-order valence-corrected chi connectivity index (χ3v) is 2.30. The van der Waals surface area contributed by atoms with E-state index in [0.29, 0.717) is 0 Å². The van der Waals surface area contributed by atoms with Gasteiger partial charge in [0.05, 0.1) is 6.10 Å². The maximum Gasteiger partial charge on any atom is 0.176 e. The zero-order chi connectivity index (χ0) is 12.1. The monoisotopic (exact) mass is 244 g/mol. The number of rotatable bonds is 4. The fraction of sp³-hybridized carbons (Fsp3) is 0.400. The third-order valence-electron chi connectivity index (χ3n) is 2.08. The summed E-state index contributed by atoms with van der Waals surface area (Å²) in [6, 6.07) is 2.54. The summed E-state index contributed by atoms with van der Waals surface area (Å²) < 4.78 is 13.2. The van der Waals surface area contributed by atoms with Crippen LogP contribution in [0.15, 0.2) is 12.3 Å². The third kappa shape index (κ3) is 2.89. The van der Waals surface area contributed by atoms with E-state index >= 15 is 0 Å². The molecule has 2 atom stereocenters. The molecule has 2 N–H and O–H groups in total. The summed E-state index contributed by atoms with van der Waals surface area (Å²) in [6.45, 7) is 0. The lowest BCUT2D eigenvalue weighted by Crippen LogP contribution is -2.19. The predicted molar refractivity (Wildman–Crippen MR) is 55.2 cm³/mol. The second kappa shape index (κ2) is 5.75. The van der Waals surface area contributed by atoms with Crippen LogP contribution in [0.3, 0.4) is 0 Å². The summed E-state index contributed by atoms with van der Waals surface area (Å²) in [7, 11) is 0.